The lowest BCUT2D eigenvalue weighted by atomic mass is 10.3. The van der Waals surface area contributed by atoms with Crippen LogP contribution >= 0.6 is 0 Å². The number of hydrogen-bond acceptors (Lipinski definition) is 2. The zero-order valence-electron chi connectivity index (χ0n) is 5.49. The summed E-state index contributed by atoms with van der Waals surface area (Å²) in [6, 6.07) is -0.0833. The fourth-order valence-electron chi connectivity index (χ4n) is 0.348. The Morgan fingerprint density at radius 3 is 2.12 bits per heavy atom. The zero-order chi connectivity index (χ0) is 6.57. The van der Waals surface area contributed by atoms with Gasteiger partial charge in [-0.2, -0.15) is 0 Å². The lowest BCUT2D eigenvalue weighted by Crippen LogP contribution is -2.38. The third kappa shape index (κ3) is 1.93. The van der Waals surface area contributed by atoms with Crippen LogP contribution in [0.5, 0.6) is 0 Å². The average Bonchev–Trinajstić information content (AvgIpc) is 1.84. The van der Waals surface area contributed by atoms with Gasteiger partial charge in [0.15, 0.2) is 0 Å². The van der Waals surface area contributed by atoms with Crippen LogP contribution in [0.4, 0.5) is 0 Å². The maximum absolute atomic E-state index is 10.6. The number of nitrogens with one attached hydrogen (secondary N) is 2. The molecule has 2 N–H and O–H groups in total. The molecular formula is C5H12N2O. The molecule has 0 saturated carbocycles. The molecule has 0 radical (unpaired) electrons. The minimum absolute atomic E-state index is 0.0208. The van der Waals surface area contributed by atoms with Gasteiger partial charge in [0.25, 0.3) is 0 Å². The predicted molar refractivity (Wildman–Crippen MR) is 32.6 cm³/mol. The molecule has 0 fully saturated rings. The molecule has 3 heteroatoms. The minimum atomic E-state index is -0.0833. The first-order valence-corrected chi connectivity index (χ1v) is 2.61. The highest BCUT2D eigenvalue weighted by molar-refractivity contribution is 5.80. The molecule has 0 aromatic heterocycles. The van der Waals surface area contributed by atoms with Gasteiger partial charge in [0.05, 0.1) is 6.04 Å². The number of carbonyl (C=O) groups excluding carboxylic acids is 1. The van der Waals surface area contributed by atoms with Gasteiger partial charge in [-0.15, -0.1) is 0 Å². The van der Waals surface area contributed by atoms with Crippen LogP contribution in [0.25, 0.3) is 0 Å². The van der Waals surface area contributed by atoms with Crippen molar-refractivity contribution in [2.45, 2.75) is 13.0 Å². The highest BCUT2D eigenvalue weighted by Crippen LogP contribution is 1.75. The third-order valence-corrected chi connectivity index (χ3v) is 1.07. The fraction of sp³-hybridized carbons (Fsp3) is 0.800. The summed E-state index contributed by atoms with van der Waals surface area (Å²) < 4.78 is 0. The van der Waals surface area contributed by atoms with Crippen LogP contribution in [-0.2, 0) is 4.79 Å². The first-order valence-electron chi connectivity index (χ1n) is 2.61. The number of rotatable bonds is 2. The molecule has 0 saturated heterocycles. The van der Waals surface area contributed by atoms with E-state index in [-0.39, 0.29) is 11.9 Å². The fourth-order valence-corrected chi connectivity index (χ4v) is 0.348. The van der Waals surface area contributed by atoms with Crippen molar-refractivity contribution in [1.29, 1.82) is 0 Å². The maximum atomic E-state index is 10.6. The summed E-state index contributed by atoms with van der Waals surface area (Å²) in [5, 5.41) is 5.32. The van der Waals surface area contributed by atoms with Crippen LogP contribution < -0.4 is 10.6 Å². The molecule has 1 atom stereocenters. The molecule has 0 bridgehead atoms. The van der Waals surface area contributed by atoms with E-state index >= 15 is 0 Å². The Balaban J connectivity index is 3.46. The molecule has 48 valence electrons. The van der Waals surface area contributed by atoms with Crippen LogP contribution in [-0.4, -0.2) is 26.0 Å². The largest absolute Gasteiger partial charge is 0.358 e. The SMILES string of the molecule is CNC(=O)[C@H](C)NC. The lowest BCUT2D eigenvalue weighted by molar-refractivity contribution is -0.122. The molecule has 1 amide bonds. The van der Waals surface area contributed by atoms with Gasteiger partial charge in [0.2, 0.25) is 5.91 Å². The van der Waals surface area contributed by atoms with Crippen molar-refractivity contribution in [3.63, 3.8) is 0 Å². The van der Waals surface area contributed by atoms with Crippen molar-refractivity contribution in [1.82, 2.24) is 10.6 Å². The lowest BCUT2D eigenvalue weighted by Gasteiger charge is -2.05. The van der Waals surface area contributed by atoms with Crippen LogP contribution in [0.1, 0.15) is 6.92 Å². The summed E-state index contributed by atoms with van der Waals surface area (Å²) in [6.45, 7) is 1.80. The monoisotopic (exact) mass is 116 g/mol. The summed E-state index contributed by atoms with van der Waals surface area (Å²) >= 11 is 0. The highest BCUT2D eigenvalue weighted by atomic mass is 16.2. The van der Waals surface area contributed by atoms with Gasteiger partial charge < -0.3 is 10.6 Å². The molecule has 8 heavy (non-hydrogen) atoms. The van der Waals surface area contributed by atoms with Gasteiger partial charge >= 0.3 is 0 Å². The Bertz CT molecular complexity index is 82.5. The third-order valence-electron chi connectivity index (χ3n) is 1.07. The molecule has 0 aromatic carbocycles. The molecule has 3 nitrogen and oxygen atoms in total. The van der Waals surface area contributed by atoms with Crippen LogP contribution in [0.3, 0.4) is 0 Å². The first kappa shape index (κ1) is 7.43. The Morgan fingerprint density at radius 2 is 2.00 bits per heavy atom. The molecule has 0 spiro atoms. The minimum Gasteiger partial charge on any atom is -0.358 e. The summed E-state index contributed by atoms with van der Waals surface area (Å²) in [6.07, 6.45) is 0. The van der Waals surface area contributed by atoms with E-state index in [9.17, 15) is 4.79 Å². The topological polar surface area (TPSA) is 41.1 Å². The van der Waals surface area contributed by atoms with E-state index in [4.69, 9.17) is 0 Å². The Kier molecular flexibility index (Phi) is 3.19. The molecule has 0 aliphatic heterocycles. The summed E-state index contributed by atoms with van der Waals surface area (Å²) in [4.78, 5) is 10.6. The van der Waals surface area contributed by atoms with Crippen molar-refractivity contribution < 1.29 is 4.79 Å². The number of likely N-dealkylation sites (N-methyl/N-ethyl adjacent to an activating group) is 2. The summed E-state index contributed by atoms with van der Waals surface area (Å²) in [5.41, 5.74) is 0. The van der Waals surface area contributed by atoms with Crippen LogP contribution in [0.2, 0.25) is 0 Å². The van der Waals surface area contributed by atoms with Crippen LogP contribution in [0, 0.1) is 0 Å². The standard InChI is InChI=1S/C5H12N2O/c1-4(6-2)5(8)7-3/h4,6H,1-3H3,(H,7,8)/t4-/m0/s1. The second kappa shape index (κ2) is 3.43. The number of amides is 1. The van der Waals surface area contributed by atoms with Crippen molar-refractivity contribution in [3.05, 3.63) is 0 Å². The Labute approximate surface area is 49.5 Å². The van der Waals surface area contributed by atoms with E-state index in [2.05, 4.69) is 10.6 Å². The Morgan fingerprint density at radius 1 is 1.50 bits per heavy atom. The van der Waals surface area contributed by atoms with Crippen LogP contribution in [0.15, 0.2) is 0 Å². The normalized spacial score (nSPS) is 12.9. The van der Waals surface area contributed by atoms with Gasteiger partial charge in [-0.1, -0.05) is 0 Å². The smallest absolute Gasteiger partial charge is 0.236 e. The first-order chi connectivity index (χ1) is 3.72. The van der Waals surface area contributed by atoms with E-state index in [0.29, 0.717) is 0 Å². The van der Waals surface area contributed by atoms with E-state index in [0.717, 1.165) is 0 Å². The van der Waals surface area contributed by atoms with E-state index in [1.165, 1.54) is 0 Å². The van der Waals surface area contributed by atoms with E-state index < -0.39 is 0 Å². The van der Waals surface area contributed by atoms with Gasteiger partial charge in [-0.25, -0.2) is 0 Å². The van der Waals surface area contributed by atoms with Gasteiger partial charge in [0, 0.05) is 7.05 Å². The molecule has 0 aromatic rings. The quantitative estimate of drug-likeness (QED) is 0.503. The average molecular weight is 116 g/mol. The molecule has 0 aliphatic carbocycles. The second-order valence-electron chi connectivity index (χ2n) is 1.62. The zero-order valence-corrected chi connectivity index (χ0v) is 5.49. The maximum Gasteiger partial charge on any atom is 0.236 e. The van der Waals surface area contributed by atoms with Crippen molar-refractivity contribution in [3.8, 4) is 0 Å². The second-order valence-corrected chi connectivity index (χ2v) is 1.62. The molecule has 0 unspecified atom stereocenters. The number of hydrogen-bond donors (Lipinski definition) is 2. The van der Waals surface area contributed by atoms with Crippen molar-refractivity contribution in [2.75, 3.05) is 14.1 Å². The van der Waals surface area contributed by atoms with E-state index in [1.807, 2.05) is 0 Å². The van der Waals surface area contributed by atoms with Gasteiger partial charge in [0.1, 0.15) is 0 Å². The highest BCUT2D eigenvalue weighted by Gasteiger charge is 2.04. The van der Waals surface area contributed by atoms with Gasteiger partial charge in [-0.05, 0) is 14.0 Å². The summed E-state index contributed by atoms with van der Waals surface area (Å²) in [5.74, 6) is 0.0208. The van der Waals surface area contributed by atoms with E-state index in [1.54, 1.807) is 21.0 Å². The Hall–Kier alpha value is -0.570. The molecule has 0 aliphatic rings. The molecular weight excluding hydrogens is 104 g/mol. The molecule has 0 heterocycles. The predicted octanol–water partition coefficient (Wildman–Crippen LogP) is -0.660. The molecule has 0 rings (SSSR count). The number of carbonyl (C=O) groups is 1. The van der Waals surface area contributed by atoms with Crippen molar-refractivity contribution in [2.24, 2.45) is 0 Å². The summed E-state index contributed by atoms with van der Waals surface area (Å²) in [7, 11) is 3.37. The van der Waals surface area contributed by atoms with Gasteiger partial charge in [-0.3, -0.25) is 4.79 Å². The van der Waals surface area contributed by atoms with Crippen molar-refractivity contribution >= 4 is 5.91 Å².